The van der Waals surface area contributed by atoms with Crippen molar-refractivity contribution >= 4 is 27.7 Å². The van der Waals surface area contributed by atoms with Crippen molar-refractivity contribution in [3.63, 3.8) is 0 Å². The second-order valence-corrected chi connectivity index (χ2v) is 9.05. The molecule has 0 aliphatic heterocycles. The number of ether oxygens (including phenoxy) is 2. The average molecular weight is 451 g/mol. The summed E-state index contributed by atoms with van der Waals surface area (Å²) < 4.78 is 35.9. The summed E-state index contributed by atoms with van der Waals surface area (Å²) in [5.41, 5.74) is 2.00. The van der Waals surface area contributed by atoms with E-state index in [-0.39, 0.29) is 22.6 Å². The molecular weight excluding hydrogens is 424 g/mol. The van der Waals surface area contributed by atoms with Gasteiger partial charge in [0.1, 0.15) is 6.54 Å². The molecule has 0 fully saturated rings. The summed E-state index contributed by atoms with van der Waals surface area (Å²) >= 11 is 0. The van der Waals surface area contributed by atoms with Crippen LogP contribution in [0.5, 0.6) is 0 Å². The highest BCUT2D eigenvalue weighted by atomic mass is 32.2. The maximum atomic E-state index is 12.6. The fraction of sp³-hybridized carbons (Fsp3) is 0.381. The highest BCUT2D eigenvalue weighted by Gasteiger charge is 2.27. The number of rotatable bonds is 9. The Morgan fingerprint density at radius 1 is 0.968 bits per heavy atom. The zero-order valence-electron chi connectivity index (χ0n) is 18.1. The Kier molecular flexibility index (Phi) is 7.75. The predicted octanol–water partition coefficient (Wildman–Crippen LogP) is 2.16. The first-order valence-corrected chi connectivity index (χ1v) is 11.0. The predicted molar refractivity (Wildman–Crippen MR) is 113 cm³/mol. The minimum atomic E-state index is -3.89. The summed E-state index contributed by atoms with van der Waals surface area (Å²) in [6.45, 7) is 5.67. The van der Waals surface area contributed by atoms with Gasteiger partial charge in [0.15, 0.2) is 6.61 Å². The van der Waals surface area contributed by atoms with Crippen LogP contribution in [0.2, 0.25) is 0 Å². The van der Waals surface area contributed by atoms with Gasteiger partial charge in [-0.1, -0.05) is 17.7 Å². The molecule has 0 spiro atoms. The number of hydrogen-bond acceptors (Lipinski definition) is 7. The number of likely N-dealkylation sites (N-methyl/N-ethyl adjacent to an activating group) is 1. The van der Waals surface area contributed by atoms with Crippen LogP contribution in [-0.4, -0.2) is 62.2 Å². The zero-order valence-corrected chi connectivity index (χ0v) is 19.0. The van der Waals surface area contributed by atoms with E-state index in [0.717, 1.165) is 9.87 Å². The van der Waals surface area contributed by atoms with Gasteiger partial charge < -0.3 is 14.5 Å². The molecule has 168 valence electrons. The molecule has 2 aromatic rings. The van der Waals surface area contributed by atoms with Crippen molar-refractivity contribution in [3.05, 3.63) is 52.3 Å². The van der Waals surface area contributed by atoms with E-state index in [1.807, 2.05) is 6.92 Å². The van der Waals surface area contributed by atoms with E-state index in [1.54, 1.807) is 32.9 Å². The number of aromatic nitrogens is 1. The lowest BCUT2D eigenvalue weighted by atomic mass is 10.1. The Bertz CT molecular complexity index is 1090. The highest BCUT2D eigenvalue weighted by Crippen LogP contribution is 2.20. The van der Waals surface area contributed by atoms with Crippen molar-refractivity contribution in [1.82, 2.24) is 9.29 Å². The van der Waals surface area contributed by atoms with E-state index in [0.29, 0.717) is 11.4 Å². The normalized spacial score (nSPS) is 11.4. The molecule has 0 bridgehead atoms. The van der Waals surface area contributed by atoms with Crippen LogP contribution in [0.15, 0.2) is 29.2 Å². The number of sulfonamides is 1. The SMILES string of the molecule is CCOC(=O)c1c(C)[nH]c(C)c1C(=O)COC(=O)CN(C)S(=O)(=O)c1ccc(C)cc1. The maximum Gasteiger partial charge on any atom is 0.340 e. The van der Waals surface area contributed by atoms with Crippen molar-refractivity contribution in [1.29, 1.82) is 0 Å². The van der Waals surface area contributed by atoms with Crippen molar-refractivity contribution < 1.29 is 32.3 Å². The molecule has 1 aromatic heterocycles. The monoisotopic (exact) mass is 450 g/mol. The van der Waals surface area contributed by atoms with Gasteiger partial charge in [-0.15, -0.1) is 0 Å². The Balaban J connectivity index is 2.05. The van der Waals surface area contributed by atoms with Crippen molar-refractivity contribution in [2.75, 3.05) is 26.8 Å². The molecule has 1 heterocycles. The number of ketones is 1. The topological polar surface area (TPSA) is 123 Å². The summed E-state index contributed by atoms with van der Waals surface area (Å²) in [6.07, 6.45) is 0. The molecule has 0 atom stereocenters. The van der Waals surface area contributed by atoms with Gasteiger partial charge >= 0.3 is 11.9 Å². The molecule has 1 aromatic carbocycles. The number of H-pyrrole nitrogens is 1. The van der Waals surface area contributed by atoms with Gasteiger partial charge in [0.05, 0.1) is 22.6 Å². The molecule has 0 unspecified atom stereocenters. The Labute approximate surface area is 181 Å². The van der Waals surface area contributed by atoms with Crippen molar-refractivity contribution in [2.45, 2.75) is 32.6 Å². The number of carbonyl (C=O) groups is 3. The number of nitrogens with zero attached hydrogens (tertiary/aromatic N) is 1. The Hall–Kier alpha value is -2.98. The number of Topliss-reactive ketones (excluding diaryl/α,β-unsaturated/α-hetero) is 1. The Morgan fingerprint density at radius 3 is 2.13 bits per heavy atom. The number of aryl methyl sites for hydroxylation is 3. The molecule has 31 heavy (non-hydrogen) atoms. The van der Waals surface area contributed by atoms with Gasteiger partial charge in [0, 0.05) is 18.4 Å². The molecule has 10 heteroatoms. The van der Waals surface area contributed by atoms with Gasteiger partial charge in [-0.3, -0.25) is 9.59 Å². The van der Waals surface area contributed by atoms with E-state index in [1.165, 1.54) is 19.2 Å². The number of benzene rings is 1. The van der Waals surface area contributed by atoms with Crippen LogP contribution in [0, 0.1) is 20.8 Å². The first kappa shape index (κ1) is 24.3. The number of esters is 2. The summed E-state index contributed by atoms with van der Waals surface area (Å²) in [7, 11) is -2.64. The first-order chi connectivity index (χ1) is 14.5. The van der Waals surface area contributed by atoms with Crippen LogP contribution >= 0.6 is 0 Å². The van der Waals surface area contributed by atoms with Crippen molar-refractivity contribution in [3.8, 4) is 0 Å². The van der Waals surface area contributed by atoms with Crippen LogP contribution in [-0.2, 0) is 24.3 Å². The van der Waals surface area contributed by atoms with Gasteiger partial charge in [0.2, 0.25) is 15.8 Å². The second-order valence-electron chi connectivity index (χ2n) is 7.00. The summed E-state index contributed by atoms with van der Waals surface area (Å²) in [4.78, 5) is 39.9. The molecule has 0 aliphatic carbocycles. The number of carbonyl (C=O) groups excluding carboxylic acids is 3. The lowest BCUT2D eigenvalue weighted by Crippen LogP contribution is -2.33. The summed E-state index contributed by atoms with van der Waals surface area (Å²) in [6, 6.07) is 6.20. The third-order valence-corrected chi connectivity index (χ3v) is 6.40. The molecule has 2 rings (SSSR count). The lowest BCUT2D eigenvalue weighted by Gasteiger charge is -2.16. The van der Waals surface area contributed by atoms with Crippen LogP contribution in [0.25, 0.3) is 0 Å². The summed E-state index contributed by atoms with van der Waals surface area (Å²) in [5.74, 6) is -2.14. The zero-order chi connectivity index (χ0) is 23.3. The molecule has 0 radical (unpaired) electrons. The van der Waals surface area contributed by atoms with E-state index < -0.39 is 40.9 Å². The van der Waals surface area contributed by atoms with Crippen LogP contribution in [0.3, 0.4) is 0 Å². The quantitative estimate of drug-likeness (QED) is 0.459. The number of hydrogen-bond donors (Lipinski definition) is 1. The minimum Gasteiger partial charge on any atom is -0.462 e. The van der Waals surface area contributed by atoms with Crippen molar-refractivity contribution in [2.24, 2.45) is 0 Å². The van der Waals surface area contributed by atoms with Crippen LogP contribution in [0.1, 0.15) is 44.6 Å². The highest BCUT2D eigenvalue weighted by molar-refractivity contribution is 7.89. The third-order valence-electron chi connectivity index (χ3n) is 4.58. The van der Waals surface area contributed by atoms with Crippen LogP contribution < -0.4 is 0 Å². The molecule has 0 amide bonds. The average Bonchev–Trinajstić information content (AvgIpc) is 3.00. The third kappa shape index (κ3) is 5.59. The second kappa shape index (κ2) is 9.88. The van der Waals surface area contributed by atoms with Gasteiger partial charge in [0.25, 0.3) is 0 Å². The van der Waals surface area contributed by atoms with E-state index >= 15 is 0 Å². The maximum absolute atomic E-state index is 12.6. The lowest BCUT2D eigenvalue weighted by molar-refractivity contribution is -0.142. The molecule has 0 aliphatic rings. The molecule has 0 saturated heterocycles. The number of nitrogens with one attached hydrogen (secondary N) is 1. The van der Waals surface area contributed by atoms with Gasteiger partial charge in [-0.25, -0.2) is 13.2 Å². The molecule has 0 saturated carbocycles. The van der Waals surface area contributed by atoms with E-state index in [9.17, 15) is 22.8 Å². The number of aromatic amines is 1. The molecule has 9 nitrogen and oxygen atoms in total. The van der Waals surface area contributed by atoms with Gasteiger partial charge in [-0.2, -0.15) is 4.31 Å². The van der Waals surface area contributed by atoms with E-state index in [4.69, 9.17) is 9.47 Å². The smallest absolute Gasteiger partial charge is 0.340 e. The standard InChI is InChI=1S/C21H26N2O7S/c1-6-29-21(26)20-15(4)22-14(3)19(20)17(24)12-30-18(25)11-23(5)31(27,28)16-9-7-13(2)8-10-16/h7-10,22H,6,11-12H2,1-5H3. The van der Waals surface area contributed by atoms with Crippen LogP contribution in [0.4, 0.5) is 0 Å². The van der Waals surface area contributed by atoms with E-state index in [2.05, 4.69) is 4.98 Å². The minimum absolute atomic E-state index is 0.0435. The fourth-order valence-electron chi connectivity index (χ4n) is 3.01. The molecule has 1 N–H and O–H groups in total. The Morgan fingerprint density at radius 2 is 1.55 bits per heavy atom. The summed E-state index contributed by atoms with van der Waals surface area (Å²) in [5, 5.41) is 0. The largest absolute Gasteiger partial charge is 0.462 e. The molecular formula is C21H26N2O7S. The first-order valence-electron chi connectivity index (χ1n) is 9.57. The van der Waals surface area contributed by atoms with Gasteiger partial charge in [-0.05, 0) is 39.8 Å². The fourth-order valence-corrected chi connectivity index (χ4v) is 4.12.